The highest BCUT2D eigenvalue weighted by Gasteiger charge is 2.08. The first-order chi connectivity index (χ1) is 9.15. The summed E-state index contributed by atoms with van der Waals surface area (Å²) in [5, 5.41) is 2.42. The molecule has 0 saturated heterocycles. The Morgan fingerprint density at radius 1 is 1.32 bits per heavy atom. The summed E-state index contributed by atoms with van der Waals surface area (Å²) >= 11 is 14.0. The molecule has 5 heteroatoms. The number of fused-ring (bicyclic) bond motifs is 1. The number of halogens is 2. The largest absolute Gasteiger partial charge is 0.347 e. The number of benzene rings is 1. The monoisotopic (exact) mass is 310 g/mol. The fourth-order valence-corrected chi connectivity index (χ4v) is 3.52. The van der Waals surface area contributed by atoms with Crippen LogP contribution in [0.15, 0.2) is 29.9 Å². The van der Waals surface area contributed by atoms with Crippen LogP contribution in [-0.4, -0.2) is 9.55 Å². The van der Waals surface area contributed by atoms with Crippen LogP contribution in [0.1, 0.15) is 10.6 Å². The van der Waals surface area contributed by atoms with E-state index in [0.29, 0.717) is 10.0 Å². The first-order valence-electron chi connectivity index (χ1n) is 5.98. The maximum Gasteiger partial charge on any atom is 0.0797 e. The van der Waals surface area contributed by atoms with Gasteiger partial charge in [-0.2, -0.15) is 0 Å². The number of hydrogen-bond acceptors (Lipinski definition) is 2. The van der Waals surface area contributed by atoms with Crippen LogP contribution in [0.25, 0.3) is 10.9 Å². The van der Waals surface area contributed by atoms with E-state index >= 15 is 0 Å². The highest BCUT2D eigenvalue weighted by Crippen LogP contribution is 2.29. The lowest BCUT2D eigenvalue weighted by Crippen LogP contribution is -1.99. The minimum Gasteiger partial charge on any atom is -0.347 e. The normalized spacial score (nSPS) is 11.3. The lowest BCUT2D eigenvalue weighted by Gasteiger charge is -2.06. The Labute approximate surface area is 125 Å². The lowest BCUT2D eigenvalue weighted by molar-refractivity contribution is 0.726. The van der Waals surface area contributed by atoms with Crippen LogP contribution in [0.2, 0.25) is 10.0 Å². The van der Waals surface area contributed by atoms with Gasteiger partial charge in [-0.15, -0.1) is 11.3 Å². The summed E-state index contributed by atoms with van der Waals surface area (Å²) in [6.45, 7) is 2.95. The van der Waals surface area contributed by atoms with Gasteiger partial charge in [-0.3, -0.25) is 0 Å². The van der Waals surface area contributed by atoms with Gasteiger partial charge in [-0.05, 0) is 25.1 Å². The first kappa shape index (κ1) is 13.0. The fourth-order valence-electron chi connectivity index (χ4n) is 2.20. The molecule has 2 nitrogen and oxygen atoms in total. The maximum absolute atomic E-state index is 6.19. The number of hydrogen-bond donors (Lipinski definition) is 0. The molecule has 98 valence electrons. The molecule has 0 fully saturated rings. The average Bonchev–Trinajstić information content (AvgIpc) is 2.93. The first-order valence-corrected chi connectivity index (χ1v) is 7.61. The third-order valence-corrected chi connectivity index (χ3v) is 4.75. The number of aryl methyl sites for hydroxylation is 3. The molecule has 1 aromatic carbocycles. The molecule has 0 saturated carbocycles. The molecular weight excluding hydrogens is 299 g/mol. The molecule has 0 N–H and O–H groups in total. The van der Waals surface area contributed by atoms with Gasteiger partial charge in [0.05, 0.1) is 21.7 Å². The molecule has 0 atom stereocenters. The van der Waals surface area contributed by atoms with Crippen LogP contribution in [0, 0.1) is 6.92 Å². The molecule has 0 aliphatic heterocycles. The number of thiazole rings is 1. The zero-order valence-electron chi connectivity index (χ0n) is 10.4. The summed E-state index contributed by atoms with van der Waals surface area (Å²) in [6.07, 6.45) is 3.04. The molecule has 0 amide bonds. The van der Waals surface area contributed by atoms with E-state index in [-0.39, 0.29) is 0 Å². The lowest BCUT2D eigenvalue weighted by atomic mass is 10.2. The SMILES string of the molecule is Cc1ncsc1CCn1ccc2c(Cl)cc(Cl)cc21. The van der Waals surface area contributed by atoms with Crippen molar-refractivity contribution in [1.29, 1.82) is 0 Å². The molecule has 0 spiro atoms. The second-order valence-electron chi connectivity index (χ2n) is 4.44. The minimum atomic E-state index is 0.673. The second kappa shape index (κ2) is 5.16. The van der Waals surface area contributed by atoms with Gasteiger partial charge in [-0.1, -0.05) is 23.2 Å². The molecule has 0 aliphatic rings. The van der Waals surface area contributed by atoms with E-state index in [1.54, 1.807) is 17.4 Å². The summed E-state index contributed by atoms with van der Waals surface area (Å²) in [5.74, 6) is 0. The zero-order chi connectivity index (χ0) is 13.4. The van der Waals surface area contributed by atoms with E-state index in [0.717, 1.165) is 29.6 Å². The van der Waals surface area contributed by atoms with Crippen molar-refractivity contribution in [2.45, 2.75) is 19.9 Å². The van der Waals surface area contributed by atoms with Crippen LogP contribution in [0.5, 0.6) is 0 Å². The summed E-state index contributed by atoms with van der Waals surface area (Å²) in [4.78, 5) is 5.60. The summed E-state index contributed by atoms with van der Waals surface area (Å²) in [7, 11) is 0. The second-order valence-corrected chi connectivity index (χ2v) is 6.22. The highest BCUT2D eigenvalue weighted by molar-refractivity contribution is 7.09. The average molecular weight is 311 g/mol. The Kier molecular flexibility index (Phi) is 3.52. The van der Waals surface area contributed by atoms with E-state index in [2.05, 4.69) is 15.7 Å². The fraction of sp³-hybridized carbons (Fsp3) is 0.214. The predicted octanol–water partition coefficient (Wildman–Crippen LogP) is 4.96. The molecule has 19 heavy (non-hydrogen) atoms. The van der Waals surface area contributed by atoms with Crippen molar-refractivity contribution in [1.82, 2.24) is 9.55 Å². The Morgan fingerprint density at radius 2 is 2.16 bits per heavy atom. The maximum atomic E-state index is 6.19. The van der Waals surface area contributed by atoms with Crippen molar-refractivity contribution >= 4 is 45.4 Å². The Morgan fingerprint density at radius 3 is 2.89 bits per heavy atom. The standard InChI is InChI=1S/C14H12Cl2N2S/c1-9-14(19-8-17-9)3-5-18-4-2-11-12(16)6-10(15)7-13(11)18/h2,4,6-8H,3,5H2,1H3. The molecule has 2 heterocycles. The molecule has 0 bridgehead atoms. The van der Waals surface area contributed by atoms with E-state index in [4.69, 9.17) is 23.2 Å². The van der Waals surface area contributed by atoms with Gasteiger partial charge in [-0.25, -0.2) is 4.98 Å². The van der Waals surface area contributed by atoms with Crippen molar-refractivity contribution in [2.75, 3.05) is 0 Å². The number of rotatable bonds is 3. The van der Waals surface area contributed by atoms with Crippen LogP contribution in [0.3, 0.4) is 0 Å². The van der Waals surface area contributed by atoms with Crippen molar-refractivity contribution in [2.24, 2.45) is 0 Å². The topological polar surface area (TPSA) is 17.8 Å². The molecule has 3 aromatic rings. The Balaban J connectivity index is 1.91. The van der Waals surface area contributed by atoms with E-state index in [9.17, 15) is 0 Å². The molecule has 2 aromatic heterocycles. The van der Waals surface area contributed by atoms with Gasteiger partial charge >= 0.3 is 0 Å². The molecule has 0 aliphatic carbocycles. The van der Waals surface area contributed by atoms with Gasteiger partial charge in [0.2, 0.25) is 0 Å². The smallest absolute Gasteiger partial charge is 0.0797 e. The van der Waals surface area contributed by atoms with Crippen LogP contribution in [-0.2, 0) is 13.0 Å². The Bertz CT molecular complexity index is 730. The third kappa shape index (κ3) is 2.50. The van der Waals surface area contributed by atoms with Crippen molar-refractivity contribution in [3.63, 3.8) is 0 Å². The molecular formula is C14H12Cl2N2S. The van der Waals surface area contributed by atoms with E-state index in [1.165, 1.54) is 4.88 Å². The van der Waals surface area contributed by atoms with Crippen molar-refractivity contribution in [3.05, 3.63) is 50.5 Å². The van der Waals surface area contributed by atoms with Crippen LogP contribution >= 0.6 is 34.5 Å². The van der Waals surface area contributed by atoms with Gasteiger partial charge in [0.25, 0.3) is 0 Å². The van der Waals surface area contributed by atoms with E-state index in [1.807, 2.05) is 24.6 Å². The van der Waals surface area contributed by atoms with Crippen molar-refractivity contribution in [3.8, 4) is 0 Å². The molecule has 0 radical (unpaired) electrons. The van der Waals surface area contributed by atoms with Gasteiger partial charge in [0.15, 0.2) is 0 Å². The number of nitrogens with zero attached hydrogens (tertiary/aromatic N) is 2. The van der Waals surface area contributed by atoms with E-state index < -0.39 is 0 Å². The Hall–Kier alpha value is -1.03. The zero-order valence-corrected chi connectivity index (χ0v) is 12.7. The van der Waals surface area contributed by atoms with Crippen LogP contribution < -0.4 is 0 Å². The predicted molar refractivity (Wildman–Crippen MR) is 82.5 cm³/mol. The summed E-state index contributed by atoms with van der Waals surface area (Å²) < 4.78 is 2.19. The van der Waals surface area contributed by atoms with Gasteiger partial charge in [0, 0.05) is 34.4 Å². The van der Waals surface area contributed by atoms with Gasteiger partial charge < -0.3 is 4.57 Å². The summed E-state index contributed by atoms with van der Waals surface area (Å²) in [5.41, 5.74) is 4.10. The van der Waals surface area contributed by atoms with Crippen molar-refractivity contribution < 1.29 is 0 Å². The minimum absolute atomic E-state index is 0.673. The molecule has 0 unspecified atom stereocenters. The third-order valence-electron chi connectivity index (χ3n) is 3.23. The summed E-state index contributed by atoms with van der Waals surface area (Å²) in [6, 6.07) is 5.78. The quantitative estimate of drug-likeness (QED) is 0.669. The van der Waals surface area contributed by atoms with Crippen LogP contribution in [0.4, 0.5) is 0 Å². The molecule has 3 rings (SSSR count). The highest BCUT2D eigenvalue weighted by atomic mass is 35.5. The number of aromatic nitrogens is 2. The van der Waals surface area contributed by atoms with Gasteiger partial charge in [0.1, 0.15) is 0 Å².